The maximum Gasteiger partial charge on any atom is 0.294 e. The first-order valence-corrected chi connectivity index (χ1v) is 8.36. The fourth-order valence-electron chi connectivity index (χ4n) is 2.50. The summed E-state index contributed by atoms with van der Waals surface area (Å²) in [6.07, 6.45) is 3.83. The van der Waals surface area contributed by atoms with E-state index in [1.807, 2.05) is 0 Å². The van der Waals surface area contributed by atoms with E-state index in [1.165, 1.54) is 25.3 Å². The number of hydrogen-bond acceptors (Lipinski definition) is 5. The van der Waals surface area contributed by atoms with Gasteiger partial charge in [0.15, 0.2) is 0 Å². The van der Waals surface area contributed by atoms with Crippen LogP contribution in [0.15, 0.2) is 34.9 Å². The van der Waals surface area contributed by atoms with Gasteiger partial charge in [-0.15, -0.1) is 12.4 Å². The lowest BCUT2D eigenvalue weighted by atomic mass is 9.92. The molecule has 1 aliphatic carbocycles. The zero-order chi connectivity index (χ0) is 16.9. The lowest BCUT2D eigenvalue weighted by Crippen LogP contribution is -2.39. The summed E-state index contributed by atoms with van der Waals surface area (Å²) in [7, 11) is 2.10. The zero-order valence-corrected chi connectivity index (χ0v) is 15.5. The van der Waals surface area contributed by atoms with Crippen molar-refractivity contribution in [1.82, 2.24) is 10.1 Å². The third kappa shape index (κ3) is 5.36. The summed E-state index contributed by atoms with van der Waals surface area (Å²) in [5.74, 6) is 0.0109. The van der Waals surface area contributed by atoms with Crippen LogP contribution in [0.25, 0.3) is 0 Å². The molecular weight excluding hydrogens is 365 g/mol. The molecule has 1 aliphatic rings. The van der Waals surface area contributed by atoms with E-state index in [9.17, 15) is 4.79 Å². The Labute approximate surface area is 157 Å². The Balaban J connectivity index is 0.00000225. The van der Waals surface area contributed by atoms with Crippen molar-refractivity contribution in [2.24, 2.45) is 0 Å². The molecule has 3 rings (SSSR count). The summed E-state index contributed by atoms with van der Waals surface area (Å²) in [5.41, 5.74) is 0.591. The Bertz CT molecular complexity index is 704. The number of carbonyl (C=O) groups excluding carboxylic acids is 1. The van der Waals surface area contributed by atoms with Gasteiger partial charge < -0.3 is 19.5 Å². The number of carbonyl (C=O) groups is 1. The van der Waals surface area contributed by atoms with Crippen LogP contribution in [-0.4, -0.2) is 42.2 Å². The fourth-order valence-corrected chi connectivity index (χ4v) is 2.69. The second-order valence-corrected chi connectivity index (χ2v) is 6.34. The number of nitrogens with zero attached hydrogens (tertiary/aromatic N) is 2. The minimum absolute atomic E-state index is 0. The molecule has 0 atom stereocenters. The highest BCUT2D eigenvalue weighted by Gasteiger charge is 2.21. The maximum absolute atomic E-state index is 12.1. The topological polar surface area (TPSA) is 67.6 Å². The second kappa shape index (κ2) is 9.08. The lowest BCUT2D eigenvalue weighted by Gasteiger charge is -2.34. The molecule has 8 heteroatoms. The molecule has 136 valence electrons. The fraction of sp³-hybridized carbons (Fsp3) is 0.412. The van der Waals surface area contributed by atoms with Gasteiger partial charge >= 0.3 is 0 Å². The minimum atomic E-state index is -0.397. The number of hydrogen-bond donors (Lipinski definition) is 1. The van der Waals surface area contributed by atoms with Gasteiger partial charge in [-0.3, -0.25) is 4.79 Å². The monoisotopic (exact) mass is 385 g/mol. The van der Waals surface area contributed by atoms with Crippen molar-refractivity contribution in [1.29, 1.82) is 0 Å². The second-order valence-electron chi connectivity index (χ2n) is 5.91. The van der Waals surface area contributed by atoms with Crippen LogP contribution < -0.4 is 10.1 Å². The third-order valence-electron chi connectivity index (χ3n) is 4.19. The van der Waals surface area contributed by atoms with Gasteiger partial charge in [0.25, 0.3) is 11.8 Å². The van der Waals surface area contributed by atoms with Crippen LogP contribution in [0.5, 0.6) is 5.88 Å². The molecule has 0 saturated heterocycles. The van der Waals surface area contributed by atoms with E-state index in [0.29, 0.717) is 29.2 Å². The van der Waals surface area contributed by atoms with E-state index in [4.69, 9.17) is 20.9 Å². The van der Waals surface area contributed by atoms with Crippen molar-refractivity contribution in [2.45, 2.75) is 25.3 Å². The molecule has 0 spiro atoms. The standard InChI is InChI=1S/C17H20ClN3O3.ClH/c1-21(14-6-3-7-14)8-9-23-16-11-15(24-20-16)17(22)19-13-5-2-4-12(18)10-13;/h2,4-5,10-11,14H,3,6-9H2,1H3,(H,19,22);1H. The Morgan fingerprint density at radius 1 is 1.44 bits per heavy atom. The van der Waals surface area contributed by atoms with Crippen LogP contribution in [0, 0.1) is 0 Å². The predicted octanol–water partition coefficient (Wildman–Crippen LogP) is 3.87. The molecule has 0 aliphatic heterocycles. The smallest absolute Gasteiger partial charge is 0.294 e. The Morgan fingerprint density at radius 3 is 2.92 bits per heavy atom. The van der Waals surface area contributed by atoms with E-state index in [2.05, 4.69) is 22.4 Å². The summed E-state index contributed by atoms with van der Waals surface area (Å²) in [4.78, 5) is 14.4. The Morgan fingerprint density at radius 2 is 2.24 bits per heavy atom. The molecular formula is C17H21Cl2N3O3. The van der Waals surface area contributed by atoms with E-state index >= 15 is 0 Å². The molecule has 2 aromatic rings. The molecule has 1 N–H and O–H groups in total. The summed E-state index contributed by atoms with van der Waals surface area (Å²) in [6.45, 7) is 1.33. The quantitative estimate of drug-likeness (QED) is 0.783. The van der Waals surface area contributed by atoms with Crippen molar-refractivity contribution in [2.75, 3.05) is 25.5 Å². The summed E-state index contributed by atoms with van der Waals surface area (Å²) in [6, 6.07) is 9.05. The number of likely N-dealkylation sites (N-methyl/N-ethyl adjacent to an activating group) is 1. The number of benzene rings is 1. The van der Waals surface area contributed by atoms with Crippen LogP contribution in [0.2, 0.25) is 5.02 Å². The maximum atomic E-state index is 12.1. The molecule has 1 aromatic heterocycles. The van der Waals surface area contributed by atoms with Gasteiger partial charge in [0.2, 0.25) is 5.76 Å². The van der Waals surface area contributed by atoms with Gasteiger partial charge in [0, 0.05) is 23.3 Å². The molecule has 1 amide bonds. The van der Waals surface area contributed by atoms with Crippen LogP contribution >= 0.6 is 24.0 Å². The van der Waals surface area contributed by atoms with Crippen molar-refractivity contribution in [3.8, 4) is 5.88 Å². The average molecular weight is 386 g/mol. The number of halogens is 2. The number of aromatic nitrogens is 1. The summed E-state index contributed by atoms with van der Waals surface area (Å²) in [5, 5.41) is 7.01. The molecule has 1 heterocycles. The SMILES string of the molecule is CN(CCOc1cc(C(=O)Nc2cccc(Cl)c2)on1)C1CCC1.Cl. The minimum Gasteiger partial charge on any atom is -0.474 e. The van der Waals surface area contributed by atoms with Gasteiger partial charge in [0.1, 0.15) is 6.61 Å². The predicted molar refractivity (Wildman–Crippen MR) is 98.9 cm³/mol. The van der Waals surface area contributed by atoms with E-state index in [0.717, 1.165) is 6.54 Å². The molecule has 0 bridgehead atoms. The summed E-state index contributed by atoms with van der Waals surface area (Å²) < 4.78 is 10.6. The first kappa shape index (κ1) is 19.6. The molecule has 0 radical (unpaired) electrons. The van der Waals surface area contributed by atoms with E-state index in [-0.39, 0.29) is 18.2 Å². The van der Waals surface area contributed by atoms with Gasteiger partial charge in [0.05, 0.1) is 6.07 Å². The largest absolute Gasteiger partial charge is 0.474 e. The number of rotatable bonds is 7. The first-order chi connectivity index (χ1) is 11.6. The highest BCUT2D eigenvalue weighted by molar-refractivity contribution is 6.30. The Hall–Kier alpha value is -1.76. The highest BCUT2D eigenvalue weighted by Crippen LogP contribution is 2.23. The van der Waals surface area contributed by atoms with Crippen LogP contribution in [0.3, 0.4) is 0 Å². The molecule has 0 unspecified atom stereocenters. The van der Waals surface area contributed by atoms with Gasteiger partial charge in [-0.2, -0.15) is 0 Å². The normalized spacial score (nSPS) is 13.9. The lowest BCUT2D eigenvalue weighted by molar-refractivity contribution is 0.0987. The third-order valence-corrected chi connectivity index (χ3v) is 4.42. The Kier molecular flexibility index (Phi) is 7.11. The van der Waals surface area contributed by atoms with Gasteiger partial charge in [-0.1, -0.05) is 24.1 Å². The van der Waals surface area contributed by atoms with Crippen molar-refractivity contribution in [3.05, 3.63) is 41.1 Å². The molecule has 1 aromatic carbocycles. The number of nitrogens with one attached hydrogen (secondary N) is 1. The molecule has 1 fully saturated rings. The van der Waals surface area contributed by atoms with Crippen molar-refractivity contribution >= 4 is 35.6 Å². The number of ether oxygens (including phenoxy) is 1. The van der Waals surface area contributed by atoms with Gasteiger partial charge in [-0.05, 0) is 43.2 Å². The van der Waals surface area contributed by atoms with Crippen LogP contribution in [-0.2, 0) is 0 Å². The average Bonchev–Trinajstić information content (AvgIpc) is 2.94. The molecule has 6 nitrogen and oxygen atoms in total. The van der Waals surface area contributed by atoms with Crippen molar-refractivity contribution in [3.63, 3.8) is 0 Å². The van der Waals surface area contributed by atoms with E-state index in [1.54, 1.807) is 24.3 Å². The van der Waals surface area contributed by atoms with Crippen LogP contribution in [0.4, 0.5) is 5.69 Å². The number of amides is 1. The highest BCUT2D eigenvalue weighted by atomic mass is 35.5. The molecule has 1 saturated carbocycles. The first-order valence-electron chi connectivity index (χ1n) is 7.98. The molecule has 25 heavy (non-hydrogen) atoms. The van der Waals surface area contributed by atoms with Gasteiger partial charge in [-0.25, -0.2) is 0 Å². The number of anilines is 1. The van der Waals surface area contributed by atoms with Crippen LogP contribution in [0.1, 0.15) is 29.8 Å². The zero-order valence-electron chi connectivity index (χ0n) is 13.9. The van der Waals surface area contributed by atoms with Crippen molar-refractivity contribution < 1.29 is 14.1 Å². The summed E-state index contributed by atoms with van der Waals surface area (Å²) >= 11 is 5.89. The van der Waals surface area contributed by atoms with E-state index < -0.39 is 5.91 Å².